The van der Waals surface area contributed by atoms with E-state index in [9.17, 15) is 13.2 Å². The zero-order valence-electron chi connectivity index (χ0n) is 17.0. The molecule has 0 saturated carbocycles. The van der Waals surface area contributed by atoms with E-state index in [1.807, 2.05) is 6.92 Å². The van der Waals surface area contributed by atoms with Crippen molar-refractivity contribution in [2.45, 2.75) is 63.2 Å². The van der Waals surface area contributed by atoms with E-state index in [4.69, 9.17) is 0 Å². The minimum atomic E-state index is -3.53. The summed E-state index contributed by atoms with van der Waals surface area (Å²) in [5.74, 6) is -0.0797. The lowest BCUT2D eigenvalue weighted by atomic mass is 10.2. The molecule has 2 saturated heterocycles. The first kappa shape index (κ1) is 21.3. The minimum Gasteiger partial charge on any atom is -0.325 e. The first-order chi connectivity index (χ1) is 13.5. The Hall–Kier alpha value is -1.44. The second-order valence-electron chi connectivity index (χ2n) is 8.04. The number of amides is 1. The number of carbonyl (C=O) groups excluding carboxylic acids is 1. The van der Waals surface area contributed by atoms with Gasteiger partial charge in [-0.25, -0.2) is 8.42 Å². The Morgan fingerprint density at radius 2 is 1.50 bits per heavy atom. The Balaban J connectivity index is 1.70. The summed E-state index contributed by atoms with van der Waals surface area (Å²) in [5.41, 5.74) is 1.27. The van der Waals surface area contributed by atoms with Crippen molar-refractivity contribution >= 4 is 21.6 Å². The number of hydrogen-bond acceptors (Lipinski definition) is 4. The number of sulfonamides is 1. The van der Waals surface area contributed by atoms with Crippen molar-refractivity contribution in [3.05, 3.63) is 23.8 Å². The molecular formula is C21H33N3O3S. The largest absolute Gasteiger partial charge is 0.325 e. The zero-order valence-corrected chi connectivity index (χ0v) is 17.8. The maximum absolute atomic E-state index is 13.2. The highest BCUT2D eigenvalue weighted by atomic mass is 32.2. The molecule has 1 aromatic rings. The highest BCUT2D eigenvalue weighted by molar-refractivity contribution is 7.89. The number of nitrogens with zero attached hydrogens (tertiary/aromatic N) is 2. The van der Waals surface area contributed by atoms with E-state index < -0.39 is 10.0 Å². The van der Waals surface area contributed by atoms with Crippen LogP contribution >= 0.6 is 0 Å². The molecule has 3 rings (SSSR count). The fourth-order valence-electron chi connectivity index (χ4n) is 4.07. The van der Waals surface area contributed by atoms with Crippen molar-refractivity contribution in [1.29, 1.82) is 0 Å². The predicted molar refractivity (Wildman–Crippen MR) is 112 cm³/mol. The highest BCUT2D eigenvalue weighted by Gasteiger charge is 2.27. The molecule has 7 heteroatoms. The Kier molecular flexibility index (Phi) is 7.48. The van der Waals surface area contributed by atoms with E-state index in [1.54, 1.807) is 22.5 Å². The summed E-state index contributed by atoms with van der Waals surface area (Å²) < 4.78 is 27.9. The van der Waals surface area contributed by atoms with E-state index in [-0.39, 0.29) is 5.91 Å². The van der Waals surface area contributed by atoms with Crippen LogP contribution in [0, 0.1) is 6.92 Å². The fourth-order valence-corrected chi connectivity index (χ4v) is 5.84. The maximum atomic E-state index is 13.2. The molecule has 1 aromatic carbocycles. The van der Waals surface area contributed by atoms with Gasteiger partial charge in [0.15, 0.2) is 0 Å². The van der Waals surface area contributed by atoms with Gasteiger partial charge in [0.05, 0.1) is 11.4 Å². The lowest BCUT2D eigenvalue weighted by Crippen LogP contribution is -2.34. The van der Waals surface area contributed by atoms with Crippen molar-refractivity contribution < 1.29 is 13.2 Å². The van der Waals surface area contributed by atoms with Gasteiger partial charge in [-0.15, -0.1) is 0 Å². The van der Waals surface area contributed by atoms with Crippen LogP contribution in [0.1, 0.15) is 56.9 Å². The monoisotopic (exact) mass is 407 g/mol. The number of likely N-dealkylation sites (tertiary alicyclic amines) is 1. The normalized spacial score (nSPS) is 20.3. The van der Waals surface area contributed by atoms with Crippen molar-refractivity contribution in [2.24, 2.45) is 0 Å². The second kappa shape index (κ2) is 9.85. The van der Waals surface area contributed by atoms with Gasteiger partial charge in [0, 0.05) is 18.8 Å². The molecule has 1 amide bonds. The summed E-state index contributed by atoms with van der Waals surface area (Å²) in [5, 5.41) is 2.90. The molecule has 2 heterocycles. The average molecular weight is 408 g/mol. The molecule has 0 bridgehead atoms. The Bertz CT molecular complexity index is 763. The predicted octanol–water partition coefficient (Wildman–Crippen LogP) is 3.37. The number of aryl methyl sites for hydroxylation is 1. The molecule has 1 N–H and O–H groups in total. The lowest BCUT2D eigenvalue weighted by Gasteiger charge is -2.22. The number of benzene rings is 1. The maximum Gasteiger partial charge on any atom is 0.243 e. The molecule has 0 unspecified atom stereocenters. The third kappa shape index (κ3) is 5.55. The van der Waals surface area contributed by atoms with Crippen molar-refractivity contribution in [2.75, 3.05) is 38.0 Å². The van der Waals surface area contributed by atoms with Crippen molar-refractivity contribution in [1.82, 2.24) is 9.21 Å². The van der Waals surface area contributed by atoms with Gasteiger partial charge < -0.3 is 5.32 Å². The zero-order chi connectivity index (χ0) is 20.0. The van der Waals surface area contributed by atoms with Crippen LogP contribution in [-0.2, 0) is 14.8 Å². The van der Waals surface area contributed by atoms with Gasteiger partial charge in [-0.2, -0.15) is 4.31 Å². The van der Waals surface area contributed by atoms with Gasteiger partial charge in [0.1, 0.15) is 0 Å². The van der Waals surface area contributed by atoms with Crippen LogP contribution in [-0.4, -0.2) is 56.3 Å². The van der Waals surface area contributed by atoms with Crippen LogP contribution in [0.2, 0.25) is 0 Å². The summed E-state index contributed by atoms with van der Waals surface area (Å²) >= 11 is 0. The lowest BCUT2D eigenvalue weighted by molar-refractivity contribution is -0.117. The van der Waals surface area contributed by atoms with E-state index >= 15 is 0 Å². The SMILES string of the molecule is Cc1ccc(NC(=O)CN2CCCCCC2)cc1S(=O)(=O)N1CCCCCC1. The molecule has 0 aromatic heterocycles. The minimum absolute atomic E-state index is 0.0797. The number of hydrogen-bond donors (Lipinski definition) is 1. The van der Waals surface area contributed by atoms with Gasteiger partial charge >= 0.3 is 0 Å². The molecule has 2 fully saturated rings. The van der Waals surface area contributed by atoms with Crippen LogP contribution < -0.4 is 5.32 Å². The molecular weight excluding hydrogens is 374 g/mol. The summed E-state index contributed by atoms with van der Waals surface area (Å²) in [6.45, 7) is 5.24. The van der Waals surface area contributed by atoms with E-state index in [0.29, 0.717) is 30.2 Å². The Morgan fingerprint density at radius 3 is 2.11 bits per heavy atom. The number of rotatable bonds is 5. The van der Waals surface area contributed by atoms with E-state index in [0.717, 1.165) is 57.2 Å². The number of anilines is 1. The number of carbonyl (C=O) groups is 1. The average Bonchev–Trinajstić information content (AvgIpc) is 3.08. The summed E-state index contributed by atoms with van der Waals surface area (Å²) in [7, 11) is -3.53. The van der Waals surface area contributed by atoms with E-state index in [1.165, 1.54) is 12.8 Å². The topological polar surface area (TPSA) is 69.7 Å². The van der Waals surface area contributed by atoms with Crippen LogP contribution in [0.15, 0.2) is 23.1 Å². The van der Waals surface area contributed by atoms with Crippen molar-refractivity contribution in [3.63, 3.8) is 0 Å². The quantitative estimate of drug-likeness (QED) is 0.812. The standard InChI is InChI=1S/C21H33N3O3S/c1-18-10-11-19(22-21(25)17-23-12-6-2-3-7-13-23)16-20(18)28(26,27)24-14-8-4-5-9-15-24/h10-11,16H,2-9,12-15,17H2,1H3,(H,22,25). The van der Waals surface area contributed by atoms with Crippen LogP contribution in [0.4, 0.5) is 5.69 Å². The summed E-state index contributed by atoms with van der Waals surface area (Å²) in [4.78, 5) is 15.0. The van der Waals surface area contributed by atoms with Gasteiger partial charge in [0.25, 0.3) is 0 Å². The summed E-state index contributed by atoms with van der Waals surface area (Å²) in [6.07, 6.45) is 8.71. The van der Waals surface area contributed by atoms with E-state index in [2.05, 4.69) is 10.2 Å². The van der Waals surface area contributed by atoms with Gasteiger partial charge in [-0.3, -0.25) is 9.69 Å². The van der Waals surface area contributed by atoms with Crippen molar-refractivity contribution in [3.8, 4) is 0 Å². The third-order valence-corrected chi connectivity index (χ3v) is 7.76. The molecule has 156 valence electrons. The van der Waals surface area contributed by atoms with Gasteiger partial charge in [0.2, 0.25) is 15.9 Å². The van der Waals surface area contributed by atoms with Gasteiger partial charge in [-0.05, 0) is 63.4 Å². The number of nitrogens with one attached hydrogen (secondary N) is 1. The molecule has 0 atom stereocenters. The highest BCUT2D eigenvalue weighted by Crippen LogP contribution is 2.26. The smallest absolute Gasteiger partial charge is 0.243 e. The van der Waals surface area contributed by atoms with Crippen LogP contribution in [0.3, 0.4) is 0 Å². The summed E-state index contributed by atoms with van der Waals surface area (Å²) in [6, 6.07) is 5.19. The van der Waals surface area contributed by atoms with Crippen LogP contribution in [0.25, 0.3) is 0 Å². The first-order valence-electron chi connectivity index (χ1n) is 10.6. The second-order valence-corrected chi connectivity index (χ2v) is 9.94. The molecule has 0 aliphatic carbocycles. The molecule has 2 aliphatic rings. The fraction of sp³-hybridized carbons (Fsp3) is 0.667. The molecule has 0 radical (unpaired) electrons. The molecule has 2 aliphatic heterocycles. The Labute approximate surface area is 169 Å². The molecule has 6 nitrogen and oxygen atoms in total. The molecule has 28 heavy (non-hydrogen) atoms. The van der Waals surface area contributed by atoms with Crippen LogP contribution in [0.5, 0.6) is 0 Å². The molecule has 0 spiro atoms. The van der Waals surface area contributed by atoms with Gasteiger partial charge in [-0.1, -0.05) is 31.7 Å². The first-order valence-corrected chi connectivity index (χ1v) is 12.0. The third-order valence-electron chi connectivity index (χ3n) is 5.72. The Morgan fingerprint density at radius 1 is 0.929 bits per heavy atom.